The van der Waals surface area contributed by atoms with Crippen molar-refractivity contribution < 1.29 is 14.6 Å². The van der Waals surface area contributed by atoms with Gasteiger partial charge in [-0.25, -0.2) is 4.79 Å². The Morgan fingerprint density at radius 1 is 1.32 bits per heavy atom. The summed E-state index contributed by atoms with van der Waals surface area (Å²) in [5, 5.41) is 12.2. The fourth-order valence-electron chi connectivity index (χ4n) is 1.49. The number of ether oxygens (including phenoxy) is 1. The molecular formula is C15H25NO3. The fourth-order valence-corrected chi connectivity index (χ4v) is 1.49. The highest BCUT2D eigenvalue weighted by Crippen LogP contribution is 2.18. The lowest BCUT2D eigenvalue weighted by Gasteiger charge is -2.30. The molecule has 0 aromatic rings. The van der Waals surface area contributed by atoms with E-state index in [0.29, 0.717) is 6.42 Å². The maximum atomic E-state index is 11.8. The molecule has 0 rings (SSSR count). The van der Waals surface area contributed by atoms with Crippen LogP contribution in [-0.2, 0) is 4.74 Å². The highest BCUT2D eigenvalue weighted by Gasteiger charge is 2.28. The SMILES string of the molecule is C=C/C=C(\C=C)CC(C)(CO)NC(=O)OC(C)(C)C. The van der Waals surface area contributed by atoms with E-state index in [9.17, 15) is 9.90 Å². The Kier molecular flexibility index (Phi) is 6.56. The largest absolute Gasteiger partial charge is 0.444 e. The predicted octanol–water partition coefficient (Wildman–Crippen LogP) is 2.95. The van der Waals surface area contributed by atoms with Gasteiger partial charge in [-0.3, -0.25) is 0 Å². The molecule has 0 spiro atoms. The number of carbonyl (C=O) groups excluding carboxylic acids is 1. The Labute approximate surface area is 115 Å². The van der Waals surface area contributed by atoms with Crippen LogP contribution < -0.4 is 5.32 Å². The average Bonchev–Trinajstić information content (AvgIpc) is 2.25. The van der Waals surface area contributed by atoms with Gasteiger partial charge in [-0.05, 0) is 39.7 Å². The minimum Gasteiger partial charge on any atom is -0.444 e. The van der Waals surface area contributed by atoms with Gasteiger partial charge in [0.15, 0.2) is 0 Å². The zero-order valence-electron chi connectivity index (χ0n) is 12.3. The smallest absolute Gasteiger partial charge is 0.408 e. The molecule has 0 aliphatic carbocycles. The van der Waals surface area contributed by atoms with Crippen molar-refractivity contribution in [1.82, 2.24) is 5.32 Å². The highest BCUT2D eigenvalue weighted by molar-refractivity contribution is 5.68. The number of allylic oxidation sites excluding steroid dienone is 3. The van der Waals surface area contributed by atoms with E-state index in [1.54, 1.807) is 45.9 Å². The molecule has 1 unspecified atom stereocenters. The maximum Gasteiger partial charge on any atom is 0.408 e. The lowest BCUT2D eigenvalue weighted by atomic mass is 9.93. The van der Waals surface area contributed by atoms with Crippen LogP contribution in [0, 0.1) is 0 Å². The minimum absolute atomic E-state index is 0.200. The molecule has 2 N–H and O–H groups in total. The number of aliphatic hydroxyl groups is 1. The third-order valence-electron chi connectivity index (χ3n) is 2.34. The zero-order valence-corrected chi connectivity index (χ0v) is 12.3. The van der Waals surface area contributed by atoms with Gasteiger partial charge in [0.05, 0.1) is 12.1 Å². The first kappa shape index (κ1) is 17.4. The zero-order chi connectivity index (χ0) is 15.1. The summed E-state index contributed by atoms with van der Waals surface area (Å²) in [5.74, 6) is 0. The fraction of sp³-hybridized carbons (Fsp3) is 0.533. The molecule has 0 saturated heterocycles. The van der Waals surface area contributed by atoms with Gasteiger partial charge in [0, 0.05) is 0 Å². The first-order chi connectivity index (χ1) is 8.65. The second-order valence-electron chi connectivity index (χ2n) is 5.70. The van der Waals surface area contributed by atoms with Gasteiger partial charge in [-0.15, -0.1) is 0 Å². The van der Waals surface area contributed by atoms with Crippen molar-refractivity contribution in [2.45, 2.75) is 45.3 Å². The lowest BCUT2D eigenvalue weighted by molar-refractivity contribution is 0.0416. The third-order valence-corrected chi connectivity index (χ3v) is 2.34. The number of hydrogen-bond donors (Lipinski definition) is 2. The topological polar surface area (TPSA) is 58.6 Å². The summed E-state index contributed by atoms with van der Waals surface area (Å²) in [6, 6.07) is 0. The van der Waals surface area contributed by atoms with Gasteiger partial charge in [0.1, 0.15) is 5.60 Å². The molecule has 0 fully saturated rings. The van der Waals surface area contributed by atoms with Gasteiger partial charge in [-0.2, -0.15) is 0 Å². The average molecular weight is 267 g/mol. The summed E-state index contributed by atoms with van der Waals surface area (Å²) in [6.07, 6.45) is 5.00. The highest BCUT2D eigenvalue weighted by atomic mass is 16.6. The number of hydrogen-bond acceptors (Lipinski definition) is 3. The van der Waals surface area contributed by atoms with Crippen molar-refractivity contribution in [3.63, 3.8) is 0 Å². The summed E-state index contributed by atoms with van der Waals surface area (Å²) in [5.41, 5.74) is -0.494. The van der Waals surface area contributed by atoms with E-state index in [1.807, 2.05) is 0 Å². The van der Waals surface area contributed by atoms with E-state index >= 15 is 0 Å². The normalized spacial score (nSPS) is 15.3. The van der Waals surface area contributed by atoms with Crippen molar-refractivity contribution in [3.05, 3.63) is 37.0 Å². The Morgan fingerprint density at radius 3 is 2.26 bits per heavy atom. The van der Waals surface area contributed by atoms with Crippen molar-refractivity contribution >= 4 is 6.09 Å². The van der Waals surface area contributed by atoms with E-state index in [1.165, 1.54) is 0 Å². The molecule has 0 radical (unpaired) electrons. The number of alkyl carbamates (subject to hydrolysis) is 1. The molecule has 1 atom stereocenters. The molecular weight excluding hydrogens is 242 g/mol. The summed E-state index contributed by atoms with van der Waals surface area (Å²) < 4.78 is 5.18. The minimum atomic E-state index is -0.800. The van der Waals surface area contributed by atoms with E-state index < -0.39 is 17.2 Å². The monoisotopic (exact) mass is 267 g/mol. The molecule has 0 aromatic carbocycles. The molecule has 0 heterocycles. The number of rotatable bonds is 6. The Balaban J connectivity index is 4.78. The predicted molar refractivity (Wildman–Crippen MR) is 78.0 cm³/mol. The molecule has 19 heavy (non-hydrogen) atoms. The Bertz CT molecular complexity index is 366. The van der Waals surface area contributed by atoms with Crippen LogP contribution >= 0.6 is 0 Å². The van der Waals surface area contributed by atoms with Crippen LogP contribution in [0.4, 0.5) is 4.79 Å². The summed E-state index contributed by atoms with van der Waals surface area (Å²) in [6.45, 7) is 14.2. The first-order valence-corrected chi connectivity index (χ1v) is 6.22. The molecule has 4 heteroatoms. The summed E-state index contributed by atoms with van der Waals surface area (Å²) >= 11 is 0. The molecule has 0 aliphatic heterocycles. The van der Waals surface area contributed by atoms with Crippen molar-refractivity contribution in [3.8, 4) is 0 Å². The molecule has 0 aromatic heterocycles. The second-order valence-corrected chi connectivity index (χ2v) is 5.70. The van der Waals surface area contributed by atoms with E-state index in [0.717, 1.165) is 5.57 Å². The molecule has 0 bridgehead atoms. The summed E-state index contributed by atoms with van der Waals surface area (Å²) in [4.78, 5) is 11.8. The maximum absolute atomic E-state index is 11.8. The molecule has 4 nitrogen and oxygen atoms in total. The van der Waals surface area contributed by atoms with E-state index in [2.05, 4.69) is 18.5 Å². The molecule has 1 amide bonds. The Hall–Kier alpha value is -1.55. The van der Waals surface area contributed by atoms with E-state index in [-0.39, 0.29) is 6.61 Å². The van der Waals surface area contributed by atoms with Crippen molar-refractivity contribution in [2.24, 2.45) is 0 Å². The molecule has 0 saturated carbocycles. The number of carbonyl (C=O) groups is 1. The van der Waals surface area contributed by atoms with Crippen molar-refractivity contribution in [1.29, 1.82) is 0 Å². The standard InChI is InChI=1S/C15H25NO3/c1-7-9-12(8-2)10-15(6,11-17)16-13(18)19-14(3,4)5/h7-9,17H,1-2,10-11H2,3-6H3,(H,16,18)/b12-9+. The molecule has 108 valence electrons. The molecule has 0 aliphatic rings. The van der Waals surface area contributed by atoms with Crippen LogP contribution in [0.5, 0.6) is 0 Å². The first-order valence-electron chi connectivity index (χ1n) is 6.22. The van der Waals surface area contributed by atoms with Crippen LogP contribution in [0.15, 0.2) is 37.0 Å². The van der Waals surface area contributed by atoms with Gasteiger partial charge in [0.2, 0.25) is 0 Å². The van der Waals surface area contributed by atoms with Crippen LogP contribution in [0.3, 0.4) is 0 Å². The van der Waals surface area contributed by atoms with Gasteiger partial charge < -0.3 is 15.2 Å². The van der Waals surface area contributed by atoms with Crippen LogP contribution in [0.1, 0.15) is 34.1 Å². The third kappa shape index (κ3) is 7.47. The number of nitrogens with one attached hydrogen (secondary N) is 1. The second kappa shape index (κ2) is 7.14. The van der Waals surface area contributed by atoms with Crippen LogP contribution in [-0.4, -0.2) is 28.9 Å². The van der Waals surface area contributed by atoms with Crippen LogP contribution in [0.2, 0.25) is 0 Å². The number of amides is 1. The van der Waals surface area contributed by atoms with Gasteiger partial charge in [-0.1, -0.05) is 31.4 Å². The summed E-state index contributed by atoms with van der Waals surface area (Å²) in [7, 11) is 0. The van der Waals surface area contributed by atoms with E-state index in [4.69, 9.17) is 4.74 Å². The lowest BCUT2D eigenvalue weighted by Crippen LogP contribution is -2.50. The number of aliphatic hydroxyl groups excluding tert-OH is 1. The quantitative estimate of drug-likeness (QED) is 0.727. The van der Waals surface area contributed by atoms with Gasteiger partial charge >= 0.3 is 6.09 Å². The van der Waals surface area contributed by atoms with Crippen LogP contribution in [0.25, 0.3) is 0 Å². The van der Waals surface area contributed by atoms with Crippen molar-refractivity contribution in [2.75, 3.05) is 6.61 Å². The van der Waals surface area contributed by atoms with Gasteiger partial charge in [0.25, 0.3) is 0 Å². The Morgan fingerprint density at radius 2 is 1.89 bits per heavy atom.